The zero-order valence-corrected chi connectivity index (χ0v) is 13.5. The van der Waals surface area contributed by atoms with Crippen molar-refractivity contribution in [1.29, 1.82) is 0 Å². The van der Waals surface area contributed by atoms with Crippen molar-refractivity contribution in [1.82, 2.24) is 10.6 Å². The number of carbonyl (C=O) groups is 3. The third-order valence-corrected chi connectivity index (χ3v) is 3.35. The Balaban J connectivity index is 2.15. The minimum atomic E-state index is -1.32. The lowest BCUT2D eigenvalue weighted by Gasteiger charge is -2.17. The van der Waals surface area contributed by atoms with E-state index in [2.05, 4.69) is 10.6 Å². The minimum Gasteiger partial charge on any atom is -0.447 e. The van der Waals surface area contributed by atoms with Crippen LogP contribution in [0.1, 0.15) is 17.2 Å². The van der Waals surface area contributed by atoms with Crippen molar-refractivity contribution in [3.8, 4) is 0 Å². The van der Waals surface area contributed by atoms with Crippen molar-refractivity contribution < 1.29 is 23.5 Å². The van der Waals surface area contributed by atoms with Gasteiger partial charge in [0.1, 0.15) is 5.82 Å². The van der Waals surface area contributed by atoms with E-state index in [1.807, 2.05) is 0 Å². The number of imide groups is 1. The van der Waals surface area contributed by atoms with E-state index < -0.39 is 29.8 Å². The summed E-state index contributed by atoms with van der Waals surface area (Å²) in [6.07, 6.45) is -1.65. The summed E-state index contributed by atoms with van der Waals surface area (Å²) in [5.74, 6) is -2.12. The van der Waals surface area contributed by atoms with Crippen LogP contribution in [0.5, 0.6) is 0 Å². The van der Waals surface area contributed by atoms with Gasteiger partial charge in [0.2, 0.25) is 6.10 Å². The topological polar surface area (TPSA) is 84.5 Å². The molecule has 2 rings (SSSR count). The van der Waals surface area contributed by atoms with E-state index in [4.69, 9.17) is 4.74 Å². The zero-order chi connectivity index (χ0) is 18.2. The summed E-state index contributed by atoms with van der Waals surface area (Å²) in [7, 11) is 1.35. The van der Waals surface area contributed by atoms with E-state index >= 15 is 0 Å². The number of nitrogens with one attached hydrogen (secondary N) is 2. The molecule has 1 atom stereocenters. The van der Waals surface area contributed by atoms with Crippen molar-refractivity contribution in [2.75, 3.05) is 7.05 Å². The van der Waals surface area contributed by atoms with E-state index in [0.717, 1.165) is 0 Å². The fourth-order valence-electron chi connectivity index (χ4n) is 2.11. The van der Waals surface area contributed by atoms with E-state index in [1.54, 1.807) is 36.4 Å². The average molecular weight is 344 g/mol. The van der Waals surface area contributed by atoms with Crippen LogP contribution in [0.3, 0.4) is 0 Å². The smallest absolute Gasteiger partial charge is 0.321 e. The Morgan fingerprint density at radius 3 is 2.32 bits per heavy atom. The molecule has 0 radical (unpaired) electrons. The molecule has 0 aliphatic heterocycles. The van der Waals surface area contributed by atoms with Gasteiger partial charge in [-0.15, -0.1) is 0 Å². The van der Waals surface area contributed by atoms with Gasteiger partial charge in [0.05, 0.1) is 6.42 Å². The number of hydrogen-bond acceptors (Lipinski definition) is 4. The molecule has 130 valence electrons. The molecule has 2 aromatic rings. The fraction of sp³-hybridized carbons (Fsp3) is 0.167. The number of carbonyl (C=O) groups excluding carboxylic acids is 3. The first-order valence-corrected chi connectivity index (χ1v) is 7.51. The number of ether oxygens (including phenoxy) is 1. The van der Waals surface area contributed by atoms with Gasteiger partial charge >= 0.3 is 12.0 Å². The van der Waals surface area contributed by atoms with Gasteiger partial charge in [0.25, 0.3) is 5.91 Å². The monoisotopic (exact) mass is 344 g/mol. The van der Waals surface area contributed by atoms with E-state index in [-0.39, 0.29) is 12.0 Å². The molecule has 1 unspecified atom stereocenters. The number of hydrogen-bond donors (Lipinski definition) is 2. The van der Waals surface area contributed by atoms with Crippen molar-refractivity contribution in [3.05, 3.63) is 71.5 Å². The van der Waals surface area contributed by atoms with E-state index in [9.17, 15) is 18.8 Å². The quantitative estimate of drug-likeness (QED) is 0.814. The van der Waals surface area contributed by atoms with Crippen LogP contribution in [0.15, 0.2) is 54.6 Å². The Hall–Kier alpha value is -3.22. The molecule has 0 aliphatic rings. The SMILES string of the molecule is CNC(=O)NC(=O)C(OC(=O)Cc1ccccc1F)c1ccccc1. The second-order valence-corrected chi connectivity index (χ2v) is 5.12. The van der Waals surface area contributed by atoms with Crippen molar-refractivity contribution >= 4 is 17.9 Å². The summed E-state index contributed by atoms with van der Waals surface area (Å²) < 4.78 is 18.9. The summed E-state index contributed by atoms with van der Waals surface area (Å²) in [5.41, 5.74) is 0.553. The van der Waals surface area contributed by atoms with Crippen LogP contribution in [0.2, 0.25) is 0 Å². The fourth-order valence-corrected chi connectivity index (χ4v) is 2.11. The maximum absolute atomic E-state index is 13.6. The lowest BCUT2D eigenvalue weighted by molar-refractivity contribution is -0.155. The van der Waals surface area contributed by atoms with E-state index in [0.29, 0.717) is 5.56 Å². The lowest BCUT2D eigenvalue weighted by atomic mass is 10.1. The van der Waals surface area contributed by atoms with Crippen LogP contribution in [0.25, 0.3) is 0 Å². The highest BCUT2D eigenvalue weighted by atomic mass is 19.1. The summed E-state index contributed by atoms with van der Waals surface area (Å²) in [6.45, 7) is 0. The molecule has 2 aromatic carbocycles. The molecule has 25 heavy (non-hydrogen) atoms. The van der Waals surface area contributed by atoms with Gasteiger partial charge in [-0.25, -0.2) is 9.18 Å². The number of urea groups is 1. The van der Waals surface area contributed by atoms with Gasteiger partial charge in [-0.1, -0.05) is 48.5 Å². The van der Waals surface area contributed by atoms with Crippen LogP contribution in [0, 0.1) is 5.82 Å². The predicted octanol–water partition coefficient (Wildman–Crippen LogP) is 2.11. The van der Waals surface area contributed by atoms with Crippen molar-refractivity contribution in [2.45, 2.75) is 12.5 Å². The van der Waals surface area contributed by atoms with Crippen LogP contribution in [-0.2, 0) is 20.7 Å². The molecule has 0 bridgehead atoms. The minimum absolute atomic E-state index is 0.158. The summed E-state index contributed by atoms with van der Waals surface area (Å²) in [4.78, 5) is 35.7. The Kier molecular flexibility index (Phi) is 6.22. The molecule has 0 aliphatic carbocycles. The molecule has 0 spiro atoms. The molecule has 0 fully saturated rings. The molecular formula is C18H17FN2O4. The third-order valence-electron chi connectivity index (χ3n) is 3.35. The van der Waals surface area contributed by atoms with Gasteiger partial charge in [-0.2, -0.15) is 0 Å². The van der Waals surface area contributed by atoms with Crippen LogP contribution >= 0.6 is 0 Å². The highest BCUT2D eigenvalue weighted by molar-refractivity contribution is 5.97. The second-order valence-electron chi connectivity index (χ2n) is 5.12. The zero-order valence-electron chi connectivity index (χ0n) is 13.5. The molecule has 0 saturated carbocycles. The van der Waals surface area contributed by atoms with Gasteiger partial charge in [0.15, 0.2) is 0 Å². The Morgan fingerprint density at radius 1 is 1.04 bits per heavy atom. The Morgan fingerprint density at radius 2 is 1.68 bits per heavy atom. The van der Waals surface area contributed by atoms with Crippen LogP contribution in [-0.4, -0.2) is 25.0 Å². The van der Waals surface area contributed by atoms with Crippen LogP contribution < -0.4 is 10.6 Å². The number of rotatable bonds is 5. The normalized spacial score (nSPS) is 11.3. The van der Waals surface area contributed by atoms with Gasteiger partial charge in [0, 0.05) is 12.6 Å². The first kappa shape index (κ1) is 18.1. The largest absolute Gasteiger partial charge is 0.447 e. The average Bonchev–Trinajstić information content (AvgIpc) is 2.62. The van der Waals surface area contributed by atoms with Crippen LogP contribution in [0.4, 0.5) is 9.18 Å². The number of esters is 1. The lowest BCUT2D eigenvalue weighted by Crippen LogP contribution is -2.41. The van der Waals surface area contributed by atoms with Crippen molar-refractivity contribution in [2.24, 2.45) is 0 Å². The molecule has 7 heteroatoms. The highest BCUT2D eigenvalue weighted by Crippen LogP contribution is 2.19. The molecule has 0 aromatic heterocycles. The number of benzene rings is 2. The Bertz CT molecular complexity index is 765. The molecular weight excluding hydrogens is 327 g/mol. The first-order valence-electron chi connectivity index (χ1n) is 7.51. The maximum atomic E-state index is 13.6. The first-order chi connectivity index (χ1) is 12.0. The standard InChI is InChI=1S/C18H17FN2O4/c1-20-18(24)21-17(23)16(12-7-3-2-4-8-12)25-15(22)11-13-9-5-6-10-14(13)19/h2-10,16H,11H2,1H3,(H2,20,21,23,24). The van der Waals surface area contributed by atoms with Crippen molar-refractivity contribution in [3.63, 3.8) is 0 Å². The molecule has 6 nitrogen and oxygen atoms in total. The van der Waals surface area contributed by atoms with Gasteiger partial charge in [-0.05, 0) is 11.6 Å². The molecule has 0 saturated heterocycles. The summed E-state index contributed by atoms with van der Waals surface area (Å²) >= 11 is 0. The summed E-state index contributed by atoms with van der Waals surface area (Å²) in [5, 5.41) is 4.31. The third kappa shape index (κ3) is 5.13. The van der Waals surface area contributed by atoms with E-state index in [1.165, 1.54) is 25.2 Å². The highest BCUT2D eigenvalue weighted by Gasteiger charge is 2.26. The van der Waals surface area contributed by atoms with Gasteiger partial charge in [-0.3, -0.25) is 14.9 Å². The summed E-state index contributed by atoms with van der Waals surface area (Å²) in [6, 6.07) is 13.3. The molecule has 3 amide bonds. The molecule has 0 heterocycles. The Labute approximate surface area is 144 Å². The second kappa shape index (κ2) is 8.58. The van der Waals surface area contributed by atoms with Gasteiger partial charge < -0.3 is 10.1 Å². The maximum Gasteiger partial charge on any atom is 0.321 e. The molecule has 2 N–H and O–H groups in total. The predicted molar refractivity (Wildman–Crippen MR) is 88.0 cm³/mol. The number of halogens is 1. The number of amides is 3.